The summed E-state index contributed by atoms with van der Waals surface area (Å²) in [5, 5.41) is 2.52. The first kappa shape index (κ1) is 17.5. The van der Waals surface area contributed by atoms with Crippen LogP contribution in [0.5, 0.6) is 0 Å². The van der Waals surface area contributed by atoms with Gasteiger partial charge in [0.1, 0.15) is 0 Å². The number of nitrogens with zero attached hydrogens (tertiary/aromatic N) is 2. The largest absolute Gasteiger partial charge is 0.409 e. The second-order valence-electron chi connectivity index (χ2n) is 7.10. The molecule has 0 aromatic heterocycles. The third-order valence-electron chi connectivity index (χ3n) is 3.82. The minimum atomic E-state index is -1.64. The molecule has 1 unspecified atom stereocenters. The number of rotatable bonds is 6. The van der Waals surface area contributed by atoms with E-state index in [-0.39, 0.29) is 5.60 Å². The molecule has 5 heteroatoms. The van der Waals surface area contributed by atoms with Crippen LogP contribution in [0.1, 0.15) is 18.4 Å². The predicted octanol–water partition coefficient (Wildman–Crippen LogP) is 3.98. The van der Waals surface area contributed by atoms with Crippen molar-refractivity contribution < 1.29 is 4.43 Å². The van der Waals surface area contributed by atoms with Gasteiger partial charge in [-0.3, -0.25) is 4.90 Å². The Kier molecular flexibility index (Phi) is 6.06. The smallest absolute Gasteiger partial charge is 0.184 e. The highest BCUT2D eigenvalue weighted by Crippen LogP contribution is 2.30. The van der Waals surface area contributed by atoms with Gasteiger partial charge >= 0.3 is 0 Å². The predicted molar refractivity (Wildman–Crippen MR) is 98.0 cm³/mol. The molecule has 1 fully saturated rings. The average Bonchev–Trinajstić information content (AvgIpc) is 2.45. The number of piperidine rings is 1. The van der Waals surface area contributed by atoms with E-state index in [9.17, 15) is 0 Å². The summed E-state index contributed by atoms with van der Waals surface area (Å²) in [7, 11) is -1.64. The Morgan fingerprint density at radius 3 is 2.68 bits per heavy atom. The monoisotopic (exact) mass is 334 g/mol. The van der Waals surface area contributed by atoms with Gasteiger partial charge in [0.2, 0.25) is 0 Å². The number of benzene rings is 1. The van der Waals surface area contributed by atoms with Gasteiger partial charge in [-0.2, -0.15) is 0 Å². The first-order valence-electron chi connectivity index (χ1n) is 7.93. The molecular formula is C17H26N2OSSi. The summed E-state index contributed by atoms with van der Waals surface area (Å²) >= 11 is 4.77. The maximum Gasteiger partial charge on any atom is 0.184 e. The fourth-order valence-corrected chi connectivity index (χ4v) is 4.83. The number of thiocarbonyl (C=S) groups is 1. The van der Waals surface area contributed by atoms with Gasteiger partial charge in [-0.05, 0) is 56.8 Å². The van der Waals surface area contributed by atoms with E-state index in [2.05, 4.69) is 65.0 Å². The summed E-state index contributed by atoms with van der Waals surface area (Å²) in [5.41, 5.74) is 1.16. The van der Waals surface area contributed by atoms with Crippen LogP contribution < -0.4 is 0 Å². The summed E-state index contributed by atoms with van der Waals surface area (Å²) in [6.45, 7) is 10.4. The van der Waals surface area contributed by atoms with Gasteiger partial charge in [-0.25, -0.2) is 4.99 Å². The van der Waals surface area contributed by atoms with Gasteiger partial charge in [0.15, 0.2) is 8.32 Å². The Balaban J connectivity index is 2.10. The van der Waals surface area contributed by atoms with Crippen LogP contribution in [0.3, 0.4) is 0 Å². The van der Waals surface area contributed by atoms with Gasteiger partial charge in [-0.1, -0.05) is 30.3 Å². The van der Waals surface area contributed by atoms with Crippen molar-refractivity contribution in [1.82, 2.24) is 4.90 Å². The molecule has 3 nitrogen and oxygen atoms in total. The molecule has 2 rings (SSSR count). The lowest BCUT2D eigenvalue weighted by atomic mass is 9.92. The van der Waals surface area contributed by atoms with Crippen LogP contribution in [0.4, 0.5) is 0 Å². The van der Waals surface area contributed by atoms with Crippen molar-refractivity contribution in [2.75, 3.05) is 19.6 Å². The zero-order valence-corrected chi connectivity index (χ0v) is 15.7. The zero-order valence-electron chi connectivity index (χ0n) is 13.8. The SMILES string of the molecule is C[Si](C)(C)OC1(CN=C=S)CCCN(Cc2ccccc2)C1. The van der Waals surface area contributed by atoms with Gasteiger partial charge < -0.3 is 4.43 Å². The molecule has 120 valence electrons. The van der Waals surface area contributed by atoms with Crippen LogP contribution in [0.25, 0.3) is 0 Å². The van der Waals surface area contributed by atoms with Gasteiger partial charge in [0, 0.05) is 13.1 Å². The fraction of sp³-hybridized carbons (Fsp3) is 0.588. The van der Waals surface area contributed by atoms with E-state index in [0.717, 1.165) is 32.5 Å². The normalized spacial score (nSPS) is 23.0. The highest BCUT2D eigenvalue weighted by atomic mass is 32.1. The number of aliphatic imine (C=N–C) groups is 1. The quantitative estimate of drug-likeness (QED) is 0.447. The molecule has 22 heavy (non-hydrogen) atoms. The van der Waals surface area contributed by atoms with E-state index in [1.165, 1.54) is 5.56 Å². The van der Waals surface area contributed by atoms with Crippen LogP contribution in [-0.4, -0.2) is 43.6 Å². The van der Waals surface area contributed by atoms with Crippen LogP contribution in [-0.2, 0) is 11.0 Å². The van der Waals surface area contributed by atoms with E-state index in [4.69, 9.17) is 16.6 Å². The minimum absolute atomic E-state index is 0.191. The molecule has 0 radical (unpaired) electrons. The van der Waals surface area contributed by atoms with Crippen LogP contribution in [0, 0.1) is 0 Å². The number of isothiocyanates is 1. The zero-order chi connectivity index (χ0) is 16.1. The van der Waals surface area contributed by atoms with Crippen LogP contribution in [0.15, 0.2) is 35.3 Å². The molecule has 1 aromatic carbocycles. The molecule has 1 saturated heterocycles. The van der Waals surface area contributed by atoms with E-state index in [1.807, 2.05) is 0 Å². The summed E-state index contributed by atoms with van der Waals surface area (Å²) < 4.78 is 6.55. The van der Waals surface area contributed by atoms with E-state index in [1.54, 1.807) is 0 Å². The lowest BCUT2D eigenvalue weighted by Gasteiger charge is -2.45. The third-order valence-corrected chi connectivity index (χ3v) is 5.00. The van der Waals surface area contributed by atoms with Crippen molar-refractivity contribution in [1.29, 1.82) is 0 Å². The Labute approximate surface area is 140 Å². The van der Waals surface area contributed by atoms with Gasteiger partial charge in [-0.15, -0.1) is 0 Å². The molecule has 1 aromatic rings. The Morgan fingerprint density at radius 2 is 2.05 bits per heavy atom. The van der Waals surface area contributed by atoms with Crippen molar-refractivity contribution in [3.05, 3.63) is 35.9 Å². The molecular weight excluding hydrogens is 308 g/mol. The van der Waals surface area contributed by atoms with Crippen LogP contribution >= 0.6 is 12.2 Å². The summed E-state index contributed by atoms with van der Waals surface area (Å²) in [6, 6.07) is 10.6. The highest BCUT2D eigenvalue weighted by Gasteiger charge is 2.39. The third kappa shape index (κ3) is 5.41. The molecule has 0 N–H and O–H groups in total. The second-order valence-corrected chi connectivity index (χ2v) is 11.7. The molecule has 0 spiro atoms. The number of hydrogen-bond acceptors (Lipinski definition) is 4. The van der Waals surface area contributed by atoms with Crippen molar-refractivity contribution >= 4 is 25.7 Å². The molecule has 0 aliphatic carbocycles. The van der Waals surface area contributed by atoms with Gasteiger partial charge in [0.05, 0.1) is 17.3 Å². The van der Waals surface area contributed by atoms with Crippen molar-refractivity contribution in [3.8, 4) is 0 Å². The molecule has 0 amide bonds. The van der Waals surface area contributed by atoms with Crippen molar-refractivity contribution in [2.45, 2.75) is 44.6 Å². The first-order chi connectivity index (χ1) is 10.4. The molecule has 1 aliphatic rings. The molecule has 0 bridgehead atoms. The van der Waals surface area contributed by atoms with Gasteiger partial charge in [0.25, 0.3) is 0 Å². The molecule has 1 aliphatic heterocycles. The fourth-order valence-electron chi connectivity index (χ4n) is 3.24. The highest BCUT2D eigenvalue weighted by molar-refractivity contribution is 7.78. The van der Waals surface area contributed by atoms with E-state index in [0.29, 0.717) is 6.54 Å². The topological polar surface area (TPSA) is 24.8 Å². The maximum absolute atomic E-state index is 6.55. The van der Waals surface area contributed by atoms with Crippen LogP contribution in [0.2, 0.25) is 19.6 Å². The standard InChI is InChI=1S/C17H26N2OSSi/c1-22(2,3)20-17(13-18-15-21)10-7-11-19(14-17)12-16-8-5-4-6-9-16/h4-6,8-9H,7,10-14H2,1-3H3. The maximum atomic E-state index is 6.55. The number of likely N-dealkylation sites (tertiary alicyclic amines) is 1. The Hall–Kier alpha value is -0.843. The molecule has 1 heterocycles. The van der Waals surface area contributed by atoms with Crippen molar-refractivity contribution in [3.63, 3.8) is 0 Å². The molecule has 0 saturated carbocycles. The van der Waals surface area contributed by atoms with E-state index >= 15 is 0 Å². The second kappa shape index (κ2) is 7.62. The molecule has 1 atom stereocenters. The number of hydrogen-bond donors (Lipinski definition) is 0. The summed E-state index contributed by atoms with van der Waals surface area (Å²) in [6.07, 6.45) is 2.20. The average molecular weight is 335 g/mol. The lowest BCUT2D eigenvalue weighted by molar-refractivity contribution is -0.0103. The van der Waals surface area contributed by atoms with E-state index < -0.39 is 8.32 Å². The minimum Gasteiger partial charge on any atom is -0.409 e. The summed E-state index contributed by atoms with van der Waals surface area (Å²) in [4.78, 5) is 6.71. The van der Waals surface area contributed by atoms with Crippen molar-refractivity contribution in [2.24, 2.45) is 4.99 Å². The summed E-state index contributed by atoms with van der Waals surface area (Å²) in [5.74, 6) is 0. The first-order valence-corrected chi connectivity index (χ1v) is 11.7. The Morgan fingerprint density at radius 1 is 1.32 bits per heavy atom. The Bertz CT molecular complexity index is 525. The lowest BCUT2D eigenvalue weighted by Crippen LogP contribution is -2.55.